The fourth-order valence-electron chi connectivity index (χ4n) is 4.12. The molecule has 3 aromatic carbocycles. The van der Waals surface area contributed by atoms with Gasteiger partial charge in [0.15, 0.2) is 9.84 Å². The predicted molar refractivity (Wildman–Crippen MR) is 133 cm³/mol. The average molecular weight is 513 g/mol. The van der Waals surface area contributed by atoms with Crippen molar-refractivity contribution in [2.45, 2.75) is 24.9 Å². The molecule has 36 heavy (non-hydrogen) atoms. The molecule has 0 aliphatic rings. The van der Waals surface area contributed by atoms with Crippen LogP contribution in [0.15, 0.2) is 83.8 Å². The summed E-state index contributed by atoms with van der Waals surface area (Å²) in [7, 11) is -3.38. The maximum atomic E-state index is 14.1. The molecule has 0 saturated heterocycles. The number of aryl methyl sites for hydroxylation is 1. The third kappa shape index (κ3) is 5.06. The second-order valence-corrected chi connectivity index (χ2v) is 10.5. The number of carbonyl (C=O) groups excluding carboxylic acids is 1. The van der Waals surface area contributed by atoms with Gasteiger partial charge in [-0.3, -0.25) is 4.79 Å². The SMILES string of the molecule is Cc1cc(C(=O)Nc2ccc(S(C)(=O)=O)cc2)c(C)n1-c1ccc(-c2ccccc2)cc1C(F)(F)F. The number of carbonyl (C=O) groups is 1. The van der Waals surface area contributed by atoms with Crippen molar-refractivity contribution >= 4 is 21.4 Å². The summed E-state index contributed by atoms with van der Waals surface area (Å²) in [6, 6.07) is 20.1. The number of benzene rings is 3. The van der Waals surface area contributed by atoms with E-state index in [0.29, 0.717) is 28.2 Å². The normalized spacial score (nSPS) is 11.9. The van der Waals surface area contributed by atoms with E-state index in [0.717, 1.165) is 12.3 Å². The van der Waals surface area contributed by atoms with E-state index >= 15 is 0 Å². The number of sulfone groups is 1. The number of halogens is 3. The Morgan fingerprint density at radius 3 is 2.08 bits per heavy atom. The molecule has 0 radical (unpaired) electrons. The van der Waals surface area contributed by atoms with Crippen LogP contribution in [0.25, 0.3) is 16.8 Å². The van der Waals surface area contributed by atoms with Gasteiger partial charge < -0.3 is 9.88 Å². The van der Waals surface area contributed by atoms with E-state index < -0.39 is 27.5 Å². The van der Waals surface area contributed by atoms with Crippen LogP contribution in [0, 0.1) is 13.8 Å². The molecule has 4 aromatic rings. The number of rotatable bonds is 5. The van der Waals surface area contributed by atoms with Gasteiger partial charge in [-0.1, -0.05) is 36.4 Å². The highest BCUT2D eigenvalue weighted by molar-refractivity contribution is 7.90. The van der Waals surface area contributed by atoms with Gasteiger partial charge in [0, 0.05) is 23.3 Å². The predicted octanol–water partition coefficient (Wildman–Crippen LogP) is 6.44. The molecule has 5 nitrogen and oxygen atoms in total. The summed E-state index contributed by atoms with van der Waals surface area (Å²) in [5.41, 5.74) is 1.59. The molecule has 0 bridgehead atoms. The maximum absolute atomic E-state index is 14.1. The molecule has 1 aromatic heterocycles. The highest BCUT2D eigenvalue weighted by Gasteiger charge is 2.35. The molecule has 0 aliphatic carbocycles. The Morgan fingerprint density at radius 2 is 1.50 bits per heavy atom. The van der Waals surface area contributed by atoms with E-state index in [-0.39, 0.29) is 16.1 Å². The van der Waals surface area contributed by atoms with Gasteiger partial charge in [-0.25, -0.2) is 8.42 Å². The summed E-state index contributed by atoms with van der Waals surface area (Å²) in [6.45, 7) is 3.22. The van der Waals surface area contributed by atoms with Gasteiger partial charge in [-0.2, -0.15) is 13.2 Å². The Hall–Kier alpha value is -3.85. The Morgan fingerprint density at radius 1 is 0.861 bits per heavy atom. The number of anilines is 1. The van der Waals surface area contributed by atoms with Crippen molar-refractivity contribution < 1.29 is 26.4 Å². The minimum absolute atomic E-state index is 0.0752. The zero-order chi connectivity index (χ0) is 26.3. The van der Waals surface area contributed by atoms with Crippen LogP contribution in [-0.2, 0) is 16.0 Å². The summed E-state index contributed by atoms with van der Waals surface area (Å²) >= 11 is 0. The van der Waals surface area contributed by atoms with Crippen LogP contribution in [-0.4, -0.2) is 25.1 Å². The van der Waals surface area contributed by atoms with E-state index in [9.17, 15) is 26.4 Å². The van der Waals surface area contributed by atoms with Gasteiger partial charge in [-0.15, -0.1) is 0 Å². The number of hydrogen-bond donors (Lipinski definition) is 1. The summed E-state index contributed by atoms with van der Waals surface area (Å²) < 4.78 is 67.1. The maximum Gasteiger partial charge on any atom is 0.418 e. The molecule has 1 heterocycles. The minimum Gasteiger partial charge on any atom is -0.322 e. The van der Waals surface area contributed by atoms with Gasteiger partial charge in [-0.05, 0) is 67.4 Å². The van der Waals surface area contributed by atoms with Crippen LogP contribution in [0.1, 0.15) is 27.3 Å². The van der Waals surface area contributed by atoms with Crippen molar-refractivity contribution in [3.63, 3.8) is 0 Å². The summed E-state index contributed by atoms with van der Waals surface area (Å²) in [6.07, 6.45) is -3.54. The van der Waals surface area contributed by atoms with Crippen molar-refractivity contribution in [1.29, 1.82) is 0 Å². The molecule has 0 saturated carbocycles. The summed E-state index contributed by atoms with van der Waals surface area (Å²) in [5, 5.41) is 2.68. The van der Waals surface area contributed by atoms with Crippen LogP contribution >= 0.6 is 0 Å². The standard InChI is InChI=1S/C27H23F3N2O3S/c1-17-15-23(26(33)31-21-10-12-22(13-11-21)36(3,34)35)18(2)32(17)25-14-9-20(16-24(25)27(28,29)30)19-7-5-4-6-8-19/h4-16H,1-3H3,(H,31,33). The van der Waals surface area contributed by atoms with E-state index in [1.807, 2.05) is 0 Å². The molecular formula is C27H23F3N2O3S. The Labute approximate surface area is 207 Å². The molecule has 9 heteroatoms. The molecule has 0 unspecified atom stereocenters. The second-order valence-electron chi connectivity index (χ2n) is 8.47. The first-order valence-corrected chi connectivity index (χ1v) is 12.8. The highest BCUT2D eigenvalue weighted by atomic mass is 32.2. The number of nitrogens with zero attached hydrogens (tertiary/aromatic N) is 1. The van der Waals surface area contributed by atoms with Gasteiger partial charge in [0.2, 0.25) is 0 Å². The smallest absolute Gasteiger partial charge is 0.322 e. The first kappa shape index (κ1) is 25.2. The van der Waals surface area contributed by atoms with Crippen molar-refractivity contribution in [3.8, 4) is 16.8 Å². The summed E-state index contributed by atoms with van der Waals surface area (Å²) in [5.74, 6) is -0.518. The number of hydrogen-bond acceptors (Lipinski definition) is 3. The first-order valence-electron chi connectivity index (χ1n) is 10.9. The van der Waals surface area contributed by atoms with E-state index in [4.69, 9.17) is 0 Å². The molecule has 186 valence electrons. The highest BCUT2D eigenvalue weighted by Crippen LogP contribution is 2.38. The van der Waals surface area contributed by atoms with E-state index in [2.05, 4.69) is 5.32 Å². The van der Waals surface area contributed by atoms with Crippen molar-refractivity contribution in [2.24, 2.45) is 0 Å². The van der Waals surface area contributed by atoms with Gasteiger partial charge in [0.1, 0.15) is 0 Å². The van der Waals surface area contributed by atoms with Gasteiger partial charge >= 0.3 is 6.18 Å². The van der Waals surface area contributed by atoms with E-state index in [1.54, 1.807) is 50.2 Å². The van der Waals surface area contributed by atoms with Crippen molar-refractivity contribution in [1.82, 2.24) is 4.57 Å². The fourth-order valence-corrected chi connectivity index (χ4v) is 4.75. The third-order valence-corrected chi connectivity index (χ3v) is 6.99. The lowest BCUT2D eigenvalue weighted by Gasteiger charge is -2.18. The quantitative estimate of drug-likeness (QED) is 0.335. The van der Waals surface area contributed by atoms with Crippen molar-refractivity contribution in [3.05, 3.63) is 101 Å². The lowest BCUT2D eigenvalue weighted by atomic mass is 10.0. The van der Waals surface area contributed by atoms with Crippen molar-refractivity contribution in [2.75, 3.05) is 11.6 Å². The number of nitrogens with one attached hydrogen (secondary N) is 1. The summed E-state index contributed by atoms with van der Waals surface area (Å²) in [4.78, 5) is 13.1. The first-order chi connectivity index (χ1) is 16.9. The zero-order valence-electron chi connectivity index (χ0n) is 19.7. The van der Waals surface area contributed by atoms with Gasteiger partial charge in [0.05, 0.1) is 21.7 Å². The number of amides is 1. The number of alkyl halides is 3. The second kappa shape index (κ2) is 9.31. The van der Waals surface area contributed by atoms with E-state index in [1.165, 1.54) is 41.0 Å². The lowest BCUT2D eigenvalue weighted by molar-refractivity contribution is -0.137. The molecule has 4 rings (SSSR count). The minimum atomic E-state index is -4.62. The Bertz CT molecular complexity index is 1540. The molecule has 1 N–H and O–H groups in total. The third-order valence-electron chi connectivity index (χ3n) is 5.87. The zero-order valence-corrected chi connectivity index (χ0v) is 20.5. The van der Waals surface area contributed by atoms with Crippen LogP contribution in [0.4, 0.5) is 18.9 Å². The topological polar surface area (TPSA) is 68.2 Å². The monoisotopic (exact) mass is 512 g/mol. The fraction of sp³-hybridized carbons (Fsp3) is 0.148. The molecule has 1 amide bonds. The average Bonchev–Trinajstić information content (AvgIpc) is 3.12. The lowest BCUT2D eigenvalue weighted by Crippen LogP contribution is -2.15. The molecule has 0 spiro atoms. The van der Waals surface area contributed by atoms with Gasteiger partial charge in [0.25, 0.3) is 5.91 Å². The van der Waals surface area contributed by atoms with Crippen LogP contribution in [0.5, 0.6) is 0 Å². The molecule has 0 atom stereocenters. The van der Waals surface area contributed by atoms with Crippen LogP contribution in [0.2, 0.25) is 0 Å². The molecule has 0 aliphatic heterocycles. The molecule has 0 fully saturated rings. The Kier molecular flexibility index (Phi) is 6.53. The van der Waals surface area contributed by atoms with Crippen LogP contribution < -0.4 is 5.32 Å². The molecular weight excluding hydrogens is 489 g/mol. The number of aromatic nitrogens is 1. The Balaban J connectivity index is 1.72. The largest absolute Gasteiger partial charge is 0.418 e. The van der Waals surface area contributed by atoms with Crippen LogP contribution in [0.3, 0.4) is 0 Å².